The lowest BCUT2D eigenvalue weighted by Crippen LogP contribution is -2.37. The van der Waals surface area contributed by atoms with E-state index in [1.54, 1.807) is 11.3 Å². The molecule has 1 N–H and O–H groups in total. The molecule has 1 amide bonds. The van der Waals surface area contributed by atoms with Crippen LogP contribution in [0.15, 0.2) is 30.5 Å². The van der Waals surface area contributed by atoms with Crippen LogP contribution in [0.25, 0.3) is 0 Å². The molecule has 0 aliphatic heterocycles. The first-order chi connectivity index (χ1) is 11.0. The topological polar surface area (TPSA) is 42.0 Å². The maximum atomic E-state index is 13.0. The normalized spacial score (nSPS) is 16.7. The zero-order valence-corrected chi connectivity index (χ0v) is 15.0. The minimum absolute atomic E-state index is 0.0574. The van der Waals surface area contributed by atoms with E-state index in [1.165, 1.54) is 4.88 Å². The SMILES string of the molecule is CC(C)c1cnc(NC(=O)C2(c3ccc(Cl)cc3)CCCC2)s1. The summed E-state index contributed by atoms with van der Waals surface area (Å²) in [4.78, 5) is 18.6. The van der Waals surface area contributed by atoms with Gasteiger partial charge in [-0.1, -0.05) is 50.4 Å². The van der Waals surface area contributed by atoms with Crippen LogP contribution in [-0.2, 0) is 10.2 Å². The molecule has 0 bridgehead atoms. The second kappa shape index (κ2) is 6.62. The van der Waals surface area contributed by atoms with Gasteiger partial charge in [-0.3, -0.25) is 4.79 Å². The van der Waals surface area contributed by atoms with Crippen molar-refractivity contribution in [1.82, 2.24) is 4.98 Å². The van der Waals surface area contributed by atoms with Crippen molar-refractivity contribution in [3.63, 3.8) is 0 Å². The van der Waals surface area contributed by atoms with E-state index in [2.05, 4.69) is 24.1 Å². The van der Waals surface area contributed by atoms with Crippen molar-refractivity contribution in [2.45, 2.75) is 50.9 Å². The number of carbonyl (C=O) groups excluding carboxylic acids is 1. The van der Waals surface area contributed by atoms with E-state index < -0.39 is 5.41 Å². The second-order valence-corrected chi connectivity index (χ2v) is 7.97. The van der Waals surface area contributed by atoms with Crippen LogP contribution in [0, 0.1) is 0 Å². The Morgan fingerprint density at radius 3 is 2.48 bits per heavy atom. The molecule has 0 saturated heterocycles. The van der Waals surface area contributed by atoms with Crippen molar-refractivity contribution in [3.8, 4) is 0 Å². The molecule has 23 heavy (non-hydrogen) atoms. The van der Waals surface area contributed by atoms with Gasteiger partial charge < -0.3 is 5.32 Å². The van der Waals surface area contributed by atoms with E-state index in [1.807, 2.05) is 30.5 Å². The highest BCUT2D eigenvalue weighted by atomic mass is 35.5. The number of rotatable bonds is 4. The molecule has 0 spiro atoms. The Bertz CT molecular complexity index is 687. The van der Waals surface area contributed by atoms with E-state index in [0.717, 1.165) is 31.2 Å². The summed E-state index contributed by atoms with van der Waals surface area (Å²) in [6.45, 7) is 4.26. The van der Waals surface area contributed by atoms with Gasteiger partial charge >= 0.3 is 0 Å². The monoisotopic (exact) mass is 348 g/mol. The van der Waals surface area contributed by atoms with Crippen molar-refractivity contribution in [2.24, 2.45) is 0 Å². The Hall–Kier alpha value is -1.39. The molecule has 0 radical (unpaired) electrons. The van der Waals surface area contributed by atoms with Crippen LogP contribution in [0.2, 0.25) is 5.02 Å². The first kappa shape index (κ1) is 16.5. The molecule has 122 valence electrons. The average Bonchev–Trinajstić information content (AvgIpc) is 3.17. The lowest BCUT2D eigenvalue weighted by molar-refractivity contribution is -0.121. The maximum absolute atomic E-state index is 13.0. The number of nitrogens with one attached hydrogen (secondary N) is 1. The van der Waals surface area contributed by atoms with Gasteiger partial charge in [-0.15, -0.1) is 11.3 Å². The molecule has 3 nitrogen and oxygen atoms in total. The number of hydrogen-bond acceptors (Lipinski definition) is 3. The van der Waals surface area contributed by atoms with Crippen molar-refractivity contribution < 1.29 is 4.79 Å². The van der Waals surface area contributed by atoms with Crippen LogP contribution in [0.1, 0.15) is 55.9 Å². The van der Waals surface area contributed by atoms with Gasteiger partial charge in [0.25, 0.3) is 0 Å². The third-order valence-electron chi connectivity index (χ3n) is 4.60. The van der Waals surface area contributed by atoms with Gasteiger partial charge in [0, 0.05) is 16.1 Å². The molecule has 1 fully saturated rings. The smallest absolute Gasteiger partial charge is 0.236 e. The molecule has 0 unspecified atom stereocenters. The Morgan fingerprint density at radius 2 is 1.91 bits per heavy atom. The number of halogens is 1. The Kier molecular flexibility index (Phi) is 4.74. The fraction of sp³-hybridized carbons (Fsp3) is 0.444. The zero-order chi connectivity index (χ0) is 16.4. The first-order valence-corrected chi connectivity index (χ1v) is 9.24. The molecule has 1 aromatic carbocycles. The molecule has 3 rings (SSSR count). The molecule has 0 atom stereocenters. The van der Waals surface area contributed by atoms with Crippen LogP contribution in [-0.4, -0.2) is 10.9 Å². The maximum Gasteiger partial charge on any atom is 0.236 e. The third-order valence-corrected chi connectivity index (χ3v) is 6.07. The van der Waals surface area contributed by atoms with Gasteiger partial charge in [-0.05, 0) is 36.5 Å². The Balaban J connectivity index is 1.85. The van der Waals surface area contributed by atoms with Gasteiger partial charge in [-0.25, -0.2) is 4.98 Å². The summed E-state index contributed by atoms with van der Waals surface area (Å²) >= 11 is 7.56. The summed E-state index contributed by atoms with van der Waals surface area (Å²) in [5.41, 5.74) is 0.603. The Labute approximate surface area is 146 Å². The molecule has 5 heteroatoms. The van der Waals surface area contributed by atoms with Crippen LogP contribution in [0.5, 0.6) is 0 Å². The van der Waals surface area contributed by atoms with E-state index >= 15 is 0 Å². The van der Waals surface area contributed by atoms with E-state index in [9.17, 15) is 4.79 Å². The largest absolute Gasteiger partial charge is 0.301 e. The van der Waals surface area contributed by atoms with Gasteiger partial charge in [0.2, 0.25) is 5.91 Å². The van der Waals surface area contributed by atoms with Crippen molar-refractivity contribution >= 4 is 34.0 Å². The average molecular weight is 349 g/mol. The lowest BCUT2D eigenvalue weighted by Gasteiger charge is -2.27. The quantitative estimate of drug-likeness (QED) is 0.806. The number of hydrogen-bond donors (Lipinski definition) is 1. The van der Waals surface area contributed by atoms with Crippen LogP contribution >= 0.6 is 22.9 Å². The summed E-state index contributed by atoms with van der Waals surface area (Å²) in [5, 5.41) is 4.44. The minimum atomic E-state index is -0.450. The molecular formula is C18H21ClN2OS. The van der Waals surface area contributed by atoms with Crippen LogP contribution in [0.4, 0.5) is 5.13 Å². The zero-order valence-electron chi connectivity index (χ0n) is 13.4. The molecule has 1 aromatic heterocycles. The third kappa shape index (κ3) is 3.29. The highest BCUT2D eigenvalue weighted by Gasteiger charge is 2.42. The number of nitrogens with zero attached hydrogens (tertiary/aromatic N) is 1. The van der Waals surface area contributed by atoms with Crippen molar-refractivity contribution in [2.75, 3.05) is 5.32 Å². The van der Waals surface area contributed by atoms with Gasteiger partial charge in [0.1, 0.15) is 0 Å². The number of amides is 1. The predicted octanol–water partition coefficient (Wildman–Crippen LogP) is 5.37. The number of thiazole rings is 1. The number of aromatic nitrogens is 1. The summed E-state index contributed by atoms with van der Waals surface area (Å²) in [6.07, 6.45) is 5.76. The van der Waals surface area contributed by atoms with Gasteiger partial charge in [-0.2, -0.15) is 0 Å². The van der Waals surface area contributed by atoms with E-state index in [0.29, 0.717) is 16.1 Å². The van der Waals surface area contributed by atoms with Gasteiger partial charge in [0.05, 0.1) is 5.41 Å². The summed E-state index contributed by atoms with van der Waals surface area (Å²) in [7, 11) is 0. The van der Waals surface area contributed by atoms with E-state index in [-0.39, 0.29) is 5.91 Å². The highest BCUT2D eigenvalue weighted by Crippen LogP contribution is 2.42. The fourth-order valence-corrected chi connectivity index (χ4v) is 4.16. The molecule has 1 heterocycles. The summed E-state index contributed by atoms with van der Waals surface area (Å²) in [5.74, 6) is 0.483. The highest BCUT2D eigenvalue weighted by molar-refractivity contribution is 7.15. The summed E-state index contributed by atoms with van der Waals surface area (Å²) in [6, 6.07) is 7.69. The molecule has 2 aromatic rings. The second-order valence-electron chi connectivity index (χ2n) is 6.47. The van der Waals surface area contributed by atoms with Crippen LogP contribution < -0.4 is 5.32 Å². The number of carbonyl (C=O) groups is 1. The minimum Gasteiger partial charge on any atom is -0.301 e. The molecule has 1 aliphatic carbocycles. The van der Waals surface area contributed by atoms with Crippen LogP contribution in [0.3, 0.4) is 0 Å². The van der Waals surface area contributed by atoms with E-state index in [4.69, 9.17) is 11.6 Å². The standard InChI is InChI=1S/C18H21ClN2OS/c1-12(2)15-11-20-17(23-15)21-16(22)18(9-3-4-10-18)13-5-7-14(19)8-6-13/h5-8,11-12H,3-4,9-10H2,1-2H3,(H,20,21,22). The van der Waals surface area contributed by atoms with Crippen molar-refractivity contribution in [1.29, 1.82) is 0 Å². The lowest BCUT2D eigenvalue weighted by atomic mass is 9.78. The van der Waals surface area contributed by atoms with Gasteiger partial charge in [0.15, 0.2) is 5.13 Å². The molecular weight excluding hydrogens is 328 g/mol. The van der Waals surface area contributed by atoms with Crippen molar-refractivity contribution in [3.05, 3.63) is 45.9 Å². The Morgan fingerprint density at radius 1 is 1.26 bits per heavy atom. The number of anilines is 1. The first-order valence-electron chi connectivity index (χ1n) is 8.04. The molecule has 1 saturated carbocycles. The predicted molar refractivity (Wildman–Crippen MR) is 96.4 cm³/mol. The number of benzene rings is 1. The molecule has 1 aliphatic rings. The summed E-state index contributed by atoms with van der Waals surface area (Å²) < 4.78 is 0. The fourth-order valence-electron chi connectivity index (χ4n) is 3.22.